The Bertz CT molecular complexity index is 677. The zero-order valence-electron chi connectivity index (χ0n) is 14.1. The highest BCUT2D eigenvalue weighted by molar-refractivity contribution is 5.73. The minimum atomic E-state index is -5.08. The number of rotatable bonds is 4. The maximum atomic E-state index is 11.2. The third kappa shape index (κ3) is 5.57. The van der Waals surface area contributed by atoms with Crippen molar-refractivity contribution in [2.45, 2.75) is 57.2 Å². The van der Waals surface area contributed by atoms with Crippen LogP contribution in [0.15, 0.2) is 6.07 Å². The highest BCUT2D eigenvalue weighted by atomic mass is 19.4. The number of aromatic nitrogens is 2. The van der Waals surface area contributed by atoms with E-state index in [0.717, 1.165) is 36.6 Å². The van der Waals surface area contributed by atoms with Crippen LogP contribution in [0.2, 0.25) is 0 Å². The minimum absolute atomic E-state index is 0.00106. The molecule has 0 amide bonds. The molecule has 10 heteroatoms. The predicted octanol–water partition coefficient (Wildman–Crippen LogP) is 2.96. The van der Waals surface area contributed by atoms with Gasteiger partial charge in [0.25, 0.3) is 0 Å². The number of aliphatic carboxylic acids is 2. The van der Waals surface area contributed by atoms with Gasteiger partial charge in [0, 0.05) is 23.7 Å². The summed E-state index contributed by atoms with van der Waals surface area (Å²) in [5.74, 6) is -1.55. The quantitative estimate of drug-likeness (QED) is 0.742. The van der Waals surface area contributed by atoms with Gasteiger partial charge in [-0.25, -0.2) is 14.8 Å². The summed E-state index contributed by atoms with van der Waals surface area (Å²) in [4.78, 5) is 29.1. The topological polar surface area (TPSA) is 112 Å². The van der Waals surface area contributed by atoms with Crippen LogP contribution in [0.1, 0.15) is 49.5 Å². The molecule has 26 heavy (non-hydrogen) atoms. The van der Waals surface area contributed by atoms with E-state index in [0.29, 0.717) is 5.92 Å². The zero-order chi connectivity index (χ0) is 19.5. The SMILES string of the molecule is Cc1cc(N[C@@H]2CCC[C@@H]2C(=O)O)nc(C2CC2)n1.O=C(O)C(F)(F)F. The average Bonchev–Trinajstić information content (AvgIpc) is 3.26. The molecule has 3 rings (SSSR count). The number of carboxylic acids is 2. The lowest BCUT2D eigenvalue weighted by atomic mass is 10.0. The number of hydrogen-bond donors (Lipinski definition) is 3. The Balaban J connectivity index is 0.000000298. The lowest BCUT2D eigenvalue weighted by Crippen LogP contribution is -2.30. The van der Waals surface area contributed by atoms with Crippen LogP contribution >= 0.6 is 0 Å². The molecule has 0 aromatic carbocycles. The van der Waals surface area contributed by atoms with Crippen LogP contribution in [-0.2, 0) is 9.59 Å². The molecule has 2 fully saturated rings. The number of nitrogens with one attached hydrogen (secondary N) is 1. The predicted molar refractivity (Wildman–Crippen MR) is 84.8 cm³/mol. The molecule has 0 radical (unpaired) electrons. The first kappa shape index (κ1) is 19.9. The summed E-state index contributed by atoms with van der Waals surface area (Å²) in [5.41, 5.74) is 0.948. The van der Waals surface area contributed by atoms with E-state index in [1.807, 2.05) is 13.0 Å². The first-order chi connectivity index (χ1) is 12.1. The van der Waals surface area contributed by atoms with Gasteiger partial charge in [-0.05, 0) is 32.6 Å². The molecule has 2 saturated carbocycles. The van der Waals surface area contributed by atoms with Gasteiger partial charge in [0.05, 0.1) is 5.92 Å². The van der Waals surface area contributed by atoms with Crippen molar-refractivity contribution in [3.05, 3.63) is 17.6 Å². The van der Waals surface area contributed by atoms with E-state index in [4.69, 9.17) is 9.90 Å². The van der Waals surface area contributed by atoms with Crippen molar-refractivity contribution in [3.63, 3.8) is 0 Å². The summed E-state index contributed by atoms with van der Waals surface area (Å²) in [5, 5.41) is 19.6. The van der Waals surface area contributed by atoms with Crippen molar-refractivity contribution in [1.82, 2.24) is 9.97 Å². The van der Waals surface area contributed by atoms with E-state index in [2.05, 4.69) is 15.3 Å². The maximum absolute atomic E-state index is 11.2. The van der Waals surface area contributed by atoms with Gasteiger partial charge in [0.1, 0.15) is 11.6 Å². The van der Waals surface area contributed by atoms with E-state index in [-0.39, 0.29) is 12.0 Å². The Morgan fingerprint density at radius 1 is 1.15 bits per heavy atom. The second kappa shape index (κ2) is 7.88. The number of halogens is 3. The number of alkyl halides is 3. The Kier molecular flexibility index (Phi) is 6.04. The summed E-state index contributed by atoms with van der Waals surface area (Å²) >= 11 is 0. The lowest BCUT2D eigenvalue weighted by Gasteiger charge is -2.18. The molecule has 1 aromatic rings. The summed E-state index contributed by atoms with van der Waals surface area (Å²) in [6.45, 7) is 1.96. The third-order valence-corrected chi connectivity index (χ3v) is 4.22. The minimum Gasteiger partial charge on any atom is -0.481 e. The molecule has 2 aliphatic rings. The van der Waals surface area contributed by atoms with Crippen LogP contribution in [0.4, 0.5) is 19.0 Å². The van der Waals surface area contributed by atoms with Gasteiger partial charge in [0.15, 0.2) is 0 Å². The second-order valence-electron chi connectivity index (χ2n) is 6.46. The molecule has 1 heterocycles. The maximum Gasteiger partial charge on any atom is 0.490 e. The highest BCUT2D eigenvalue weighted by Crippen LogP contribution is 2.38. The second-order valence-corrected chi connectivity index (χ2v) is 6.46. The van der Waals surface area contributed by atoms with Crippen LogP contribution in [0.25, 0.3) is 0 Å². The molecule has 144 valence electrons. The highest BCUT2D eigenvalue weighted by Gasteiger charge is 2.38. The van der Waals surface area contributed by atoms with E-state index in [9.17, 15) is 23.1 Å². The lowest BCUT2D eigenvalue weighted by molar-refractivity contribution is -0.192. The molecule has 3 N–H and O–H groups in total. The van der Waals surface area contributed by atoms with Crippen molar-refractivity contribution in [2.75, 3.05) is 5.32 Å². The summed E-state index contributed by atoms with van der Waals surface area (Å²) < 4.78 is 31.7. The Labute approximate surface area is 147 Å². The largest absolute Gasteiger partial charge is 0.490 e. The first-order valence-electron chi connectivity index (χ1n) is 8.23. The fourth-order valence-electron chi connectivity index (χ4n) is 2.81. The normalized spacial score (nSPS) is 22.3. The molecule has 1 aromatic heterocycles. The molecule has 7 nitrogen and oxygen atoms in total. The smallest absolute Gasteiger partial charge is 0.481 e. The molecule has 0 unspecified atom stereocenters. The van der Waals surface area contributed by atoms with E-state index < -0.39 is 18.1 Å². The van der Waals surface area contributed by atoms with Crippen LogP contribution in [0.3, 0.4) is 0 Å². The van der Waals surface area contributed by atoms with Gasteiger partial charge in [-0.2, -0.15) is 13.2 Å². The van der Waals surface area contributed by atoms with Crippen LogP contribution in [-0.4, -0.2) is 44.3 Å². The number of anilines is 1. The molecule has 0 bridgehead atoms. The van der Waals surface area contributed by atoms with Crippen molar-refractivity contribution >= 4 is 17.8 Å². The monoisotopic (exact) mass is 375 g/mol. The number of aryl methyl sites for hydroxylation is 1. The average molecular weight is 375 g/mol. The summed E-state index contributed by atoms with van der Waals surface area (Å²) in [6.07, 6.45) is -0.117. The molecule has 2 aliphatic carbocycles. The van der Waals surface area contributed by atoms with Gasteiger partial charge >= 0.3 is 18.1 Å². The Hall–Kier alpha value is -2.39. The van der Waals surface area contributed by atoms with Gasteiger partial charge in [-0.3, -0.25) is 4.79 Å². The fourth-order valence-corrected chi connectivity index (χ4v) is 2.81. The Morgan fingerprint density at radius 3 is 2.27 bits per heavy atom. The van der Waals surface area contributed by atoms with E-state index in [1.54, 1.807) is 0 Å². The van der Waals surface area contributed by atoms with Crippen molar-refractivity contribution in [2.24, 2.45) is 5.92 Å². The fraction of sp³-hybridized carbons (Fsp3) is 0.625. The van der Waals surface area contributed by atoms with E-state index in [1.165, 1.54) is 12.8 Å². The number of carboxylic acid groups (broad SMARTS) is 2. The van der Waals surface area contributed by atoms with Gasteiger partial charge < -0.3 is 15.5 Å². The standard InChI is InChI=1S/C14H19N3O2.C2HF3O2/c1-8-7-12(17-13(15-8)9-5-6-9)16-11-4-2-3-10(11)14(18)19;3-2(4,5)1(6)7/h7,9-11H,2-6H2,1H3,(H,18,19)(H,15,16,17);(H,6,7)/t10-,11+;/m0./s1. The van der Waals surface area contributed by atoms with Crippen molar-refractivity contribution in [1.29, 1.82) is 0 Å². The number of carbonyl (C=O) groups is 2. The van der Waals surface area contributed by atoms with Crippen molar-refractivity contribution < 1.29 is 33.0 Å². The van der Waals surface area contributed by atoms with Crippen LogP contribution in [0.5, 0.6) is 0 Å². The summed E-state index contributed by atoms with van der Waals surface area (Å²) in [6, 6.07) is 1.90. The zero-order valence-corrected chi connectivity index (χ0v) is 14.1. The molecular weight excluding hydrogens is 355 g/mol. The van der Waals surface area contributed by atoms with Crippen LogP contribution < -0.4 is 5.32 Å². The molecule has 0 saturated heterocycles. The Morgan fingerprint density at radius 2 is 1.77 bits per heavy atom. The van der Waals surface area contributed by atoms with Gasteiger partial charge in [0.2, 0.25) is 0 Å². The number of nitrogens with zero attached hydrogens (tertiary/aromatic N) is 2. The number of hydrogen-bond acceptors (Lipinski definition) is 5. The molecular formula is C16H20F3N3O4. The van der Waals surface area contributed by atoms with Crippen molar-refractivity contribution in [3.8, 4) is 0 Å². The molecule has 0 spiro atoms. The molecule has 0 aliphatic heterocycles. The van der Waals surface area contributed by atoms with Gasteiger partial charge in [-0.15, -0.1) is 0 Å². The molecule has 2 atom stereocenters. The van der Waals surface area contributed by atoms with Crippen LogP contribution in [0, 0.1) is 12.8 Å². The van der Waals surface area contributed by atoms with Gasteiger partial charge in [-0.1, -0.05) is 6.42 Å². The van der Waals surface area contributed by atoms with E-state index >= 15 is 0 Å². The summed E-state index contributed by atoms with van der Waals surface area (Å²) in [7, 11) is 0. The third-order valence-electron chi connectivity index (χ3n) is 4.22. The first-order valence-corrected chi connectivity index (χ1v) is 8.23.